The Kier molecular flexibility index (Phi) is 6.27. The lowest BCUT2D eigenvalue weighted by Crippen LogP contribution is -2.42. The fourth-order valence-corrected chi connectivity index (χ4v) is 3.62. The number of fused-ring (bicyclic) bond motifs is 1. The molecule has 5 atom stereocenters. The molecular formula is C18H26N8O5. The van der Waals surface area contributed by atoms with E-state index in [1.165, 1.54) is 10.9 Å². The number of carbonyl (C=O) groups is 1. The van der Waals surface area contributed by atoms with E-state index in [4.69, 9.17) is 15.2 Å². The summed E-state index contributed by atoms with van der Waals surface area (Å²) in [6.07, 6.45) is 0.861. The molecule has 2 saturated heterocycles. The SMILES string of the molecule is CCNC(=O)[C@H]1O[C@@H](n2cnc3c(N)nc(N/N=C/C4CCCCO4)nc32)[C@H](O)[C@@H]1O. The van der Waals surface area contributed by atoms with Crippen LogP contribution in [0.5, 0.6) is 0 Å². The number of anilines is 2. The van der Waals surface area contributed by atoms with Crippen molar-refractivity contribution in [3.8, 4) is 0 Å². The van der Waals surface area contributed by atoms with Gasteiger partial charge in [-0.2, -0.15) is 15.1 Å². The molecule has 13 heteroatoms. The Morgan fingerprint density at radius 1 is 1.39 bits per heavy atom. The zero-order valence-corrected chi connectivity index (χ0v) is 17.0. The summed E-state index contributed by atoms with van der Waals surface area (Å²) in [6, 6.07) is 0. The molecule has 0 radical (unpaired) electrons. The highest BCUT2D eigenvalue weighted by Crippen LogP contribution is 2.32. The largest absolute Gasteiger partial charge is 0.387 e. The van der Waals surface area contributed by atoms with Crippen LogP contribution in [-0.4, -0.2) is 79.4 Å². The van der Waals surface area contributed by atoms with Crippen LogP contribution < -0.4 is 16.5 Å². The molecule has 168 valence electrons. The lowest BCUT2D eigenvalue weighted by molar-refractivity contribution is -0.137. The predicted octanol–water partition coefficient (Wildman–Crippen LogP) is -0.869. The number of hydrogen-bond acceptors (Lipinski definition) is 11. The van der Waals surface area contributed by atoms with E-state index in [-0.39, 0.29) is 29.0 Å². The van der Waals surface area contributed by atoms with E-state index in [9.17, 15) is 15.0 Å². The van der Waals surface area contributed by atoms with Crippen LogP contribution in [0.2, 0.25) is 0 Å². The molecule has 31 heavy (non-hydrogen) atoms. The third-order valence-corrected chi connectivity index (χ3v) is 5.19. The van der Waals surface area contributed by atoms with Crippen LogP contribution in [0.25, 0.3) is 11.2 Å². The summed E-state index contributed by atoms with van der Waals surface area (Å²) in [4.78, 5) is 24.8. The van der Waals surface area contributed by atoms with E-state index in [0.29, 0.717) is 13.2 Å². The first-order valence-electron chi connectivity index (χ1n) is 10.2. The number of likely N-dealkylation sites (N-methyl/N-ethyl adjacent to an activating group) is 1. The summed E-state index contributed by atoms with van der Waals surface area (Å²) >= 11 is 0. The average molecular weight is 434 g/mol. The minimum absolute atomic E-state index is 0.0671. The molecule has 2 aromatic heterocycles. The number of nitrogens with zero attached hydrogens (tertiary/aromatic N) is 5. The van der Waals surface area contributed by atoms with Gasteiger partial charge in [0.2, 0.25) is 5.95 Å². The second kappa shape index (κ2) is 9.09. The van der Waals surface area contributed by atoms with Crippen LogP contribution in [0.1, 0.15) is 32.4 Å². The third kappa shape index (κ3) is 4.30. The standard InChI is InChI=1S/C18H26N8O5/c1-2-20-16(29)13-11(27)12(28)17(31-13)26-8-21-10-14(19)23-18(24-15(10)26)25-22-7-9-5-3-4-6-30-9/h7-9,11-13,17,27-28H,2-6H2,1H3,(H,20,29)(H3,19,23,24,25)/b22-7+/t9?,11-,12+,13-,17+/m0/s1. The summed E-state index contributed by atoms with van der Waals surface area (Å²) in [6.45, 7) is 2.82. The van der Waals surface area contributed by atoms with Crippen LogP contribution >= 0.6 is 0 Å². The molecule has 1 amide bonds. The number of aliphatic hydroxyl groups is 2. The molecule has 2 fully saturated rings. The Hall–Kier alpha value is -2.87. The molecule has 0 bridgehead atoms. The number of hydrogen-bond donors (Lipinski definition) is 5. The molecule has 0 spiro atoms. The monoisotopic (exact) mass is 434 g/mol. The van der Waals surface area contributed by atoms with E-state index >= 15 is 0 Å². The molecule has 6 N–H and O–H groups in total. The first kappa shape index (κ1) is 21.4. The molecule has 13 nitrogen and oxygen atoms in total. The van der Waals surface area contributed by atoms with Crippen molar-refractivity contribution in [2.24, 2.45) is 5.10 Å². The van der Waals surface area contributed by atoms with Gasteiger partial charge in [-0.15, -0.1) is 0 Å². The van der Waals surface area contributed by atoms with Gasteiger partial charge >= 0.3 is 0 Å². The van der Waals surface area contributed by atoms with Crippen LogP contribution in [-0.2, 0) is 14.3 Å². The minimum Gasteiger partial charge on any atom is -0.387 e. The van der Waals surface area contributed by atoms with Crippen molar-refractivity contribution in [3.05, 3.63) is 6.33 Å². The molecule has 0 saturated carbocycles. The van der Waals surface area contributed by atoms with Crippen molar-refractivity contribution in [2.45, 2.75) is 56.8 Å². The van der Waals surface area contributed by atoms with Gasteiger partial charge in [-0.05, 0) is 26.2 Å². The van der Waals surface area contributed by atoms with Gasteiger partial charge in [-0.25, -0.2) is 10.4 Å². The highest BCUT2D eigenvalue weighted by atomic mass is 16.6. The van der Waals surface area contributed by atoms with Crippen LogP contribution in [0.15, 0.2) is 11.4 Å². The Balaban J connectivity index is 1.56. The number of ether oxygens (including phenoxy) is 2. The van der Waals surface area contributed by atoms with Crippen molar-refractivity contribution in [2.75, 3.05) is 24.3 Å². The predicted molar refractivity (Wildman–Crippen MR) is 110 cm³/mol. The summed E-state index contributed by atoms with van der Waals surface area (Å²) in [5.74, 6) is -0.299. The Bertz CT molecular complexity index is 960. The van der Waals surface area contributed by atoms with Gasteiger partial charge in [0.15, 0.2) is 23.8 Å². The molecule has 0 aromatic carbocycles. The number of imidazole rings is 1. The first-order chi connectivity index (χ1) is 15.0. The topological polar surface area (TPSA) is 182 Å². The van der Waals surface area contributed by atoms with Crippen LogP contribution in [0.3, 0.4) is 0 Å². The molecule has 4 rings (SSSR count). The molecular weight excluding hydrogens is 408 g/mol. The smallest absolute Gasteiger partial charge is 0.252 e. The van der Waals surface area contributed by atoms with Gasteiger partial charge in [-0.3, -0.25) is 9.36 Å². The number of amides is 1. The summed E-state index contributed by atoms with van der Waals surface area (Å²) in [5, 5.41) is 27.4. The summed E-state index contributed by atoms with van der Waals surface area (Å²) in [7, 11) is 0. The van der Waals surface area contributed by atoms with E-state index in [1.807, 2.05) is 0 Å². The zero-order valence-electron chi connectivity index (χ0n) is 17.0. The summed E-state index contributed by atoms with van der Waals surface area (Å²) < 4.78 is 12.6. The van der Waals surface area contributed by atoms with Crippen LogP contribution in [0.4, 0.5) is 11.8 Å². The van der Waals surface area contributed by atoms with Crippen molar-refractivity contribution < 1.29 is 24.5 Å². The van der Waals surface area contributed by atoms with Gasteiger partial charge in [0.1, 0.15) is 17.7 Å². The number of nitrogens with one attached hydrogen (secondary N) is 2. The van der Waals surface area contributed by atoms with Crippen molar-refractivity contribution >= 4 is 35.1 Å². The van der Waals surface area contributed by atoms with Gasteiger partial charge < -0.3 is 30.7 Å². The van der Waals surface area contributed by atoms with E-state index in [2.05, 4.69) is 30.8 Å². The molecule has 2 aliphatic rings. The van der Waals surface area contributed by atoms with Crippen molar-refractivity contribution in [1.82, 2.24) is 24.8 Å². The number of nitrogen functional groups attached to an aromatic ring is 1. The molecule has 2 aliphatic heterocycles. The molecule has 0 aliphatic carbocycles. The maximum Gasteiger partial charge on any atom is 0.252 e. The minimum atomic E-state index is -1.41. The summed E-state index contributed by atoms with van der Waals surface area (Å²) in [5.41, 5.74) is 9.27. The fourth-order valence-electron chi connectivity index (χ4n) is 3.62. The number of rotatable bonds is 6. The number of carbonyl (C=O) groups excluding carboxylic acids is 1. The van der Waals surface area contributed by atoms with E-state index < -0.39 is 30.4 Å². The second-order valence-electron chi connectivity index (χ2n) is 7.37. The Morgan fingerprint density at radius 2 is 2.23 bits per heavy atom. The van der Waals surface area contributed by atoms with Gasteiger partial charge in [0.25, 0.3) is 5.91 Å². The van der Waals surface area contributed by atoms with E-state index in [1.54, 1.807) is 13.1 Å². The molecule has 1 unspecified atom stereocenters. The lowest BCUT2D eigenvalue weighted by atomic mass is 10.1. The first-order valence-corrected chi connectivity index (χ1v) is 10.2. The fraction of sp³-hybridized carbons (Fsp3) is 0.611. The third-order valence-electron chi connectivity index (χ3n) is 5.19. The van der Waals surface area contributed by atoms with Crippen LogP contribution in [0, 0.1) is 0 Å². The van der Waals surface area contributed by atoms with Crippen molar-refractivity contribution in [1.29, 1.82) is 0 Å². The number of hydrazone groups is 1. The highest BCUT2D eigenvalue weighted by Gasteiger charge is 2.47. The van der Waals surface area contributed by atoms with E-state index in [0.717, 1.165) is 19.3 Å². The maximum absolute atomic E-state index is 12.1. The number of aromatic nitrogens is 4. The van der Waals surface area contributed by atoms with Crippen molar-refractivity contribution in [3.63, 3.8) is 0 Å². The molecule has 2 aromatic rings. The Morgan fingerprint density at radius 3 is 2.97 bits per heavy atom. The number of nitrogens with two attached hydrogens (primary N) is 1. The lowest BCUT2D eigenvalue weighted by Gasteiger charge is -2.18. The second-order valence-corrected chi connectivity index (χ2v) is 7.37. The maximum atomic E-state index is 12.1. The normalized spacial score (nSPS) is 28.9. The van der Waals surface area contributed by atoms with Gasteiger partial charge in [-0.1, -0.05) is 0 Å². The van der Waals surface area contributed by atoms with Gasteiger partial charge in [0, 0.05) is 13.2 Å². The highest BCUT2D eigenvalue weighted by molar-refractivity contribution is 5.83. The van der Waals surface area contributed by atoms with Gasteiger partial charge in [0.05, 0.1) is 18.6 Å². The zero-order chi connectivity index (χ0) is 22.0. The Labute approximate surface area is 177 Å². The average Bonchev–Trinajstić information content (AvgIpc) is 3.31. The quantitative estimate of drug-likeness (QED) is 0.283. The number of aliphatic hydroxyl groups excluding tert-OH is 2. The molecule has 4 heterocycles.